The van der Waals surface area contributed by atoms with Crippen LogP contribution in [0.3, 0.4) is 0 Å². The molecule has 0 bridgehead atoms. The van der Waals surface area contributed by atoms with E-state index in [0.717, 1.165) is 38.5 Å². The maximum atomic E-state index is 11.7. The molecule has 0 heterocycles. The summed E-state index contributed by atoms with van der Waals surface area (Å²) in [4.78, 5) is 11.7. The van der Waals surface area contributed by atoms with Crippen molar-refractivity contribution < 1.29 is 14.6 Å². The minimum atomic E-state index is -0.367. The zero-order valence-corrected chi connectivity index (χ0v) is 10.8. The van der Waals surface area contributed by atoms with Crippen LogP contribution >= 0.6 is 0 Å². The smallest absolute Gasteiger partial charge is 0.220 e. The van der Waals surface area contributed by atoms with Gasteiger partial charge in [0.15, 0.2) is 0 Å². The van der Waals surface area contributed by atoms with E-state index in [-0.39, 0.29) is 18.1 Å². The van der Waals surface area contributed by atoms with Gasteiger partial charge in [-0.05, 0) is 26.2 Å². The second kappa shape index (κ2) is 8.48. The third kappa shape index (κ3) is 6.03. The first-order valence-electron chi connectivity index (χ1n) is 6.79. The number of ether oxygens (including phenoxy) is 1. The number of hydrogen-bond donors (Lipinski definition) is 2. The van der Waals surface area contributed by atoms with Crippen molar-refractivity contribution in [1.82, 2.24) is 5.32 Å². The number of aliphatic hydroxyl groups is 1. The first-order chi connectivity index (χ1) is 8.24. The molecule has 1 saturated carbocycles. The predicted molar refractivity (Wildman–Crippen MR) is 66.7 cm³/mol. The average Bonchev–Trinajstić information content (AvgIpc) is 2.51. The normalized spacial score (nSPS) is 25.3. The van der Waals surface area contributed by atoms with Crippen LogP contribution in [0.1, 0.15) is 51.9 Å². The van der Waals surface area contributed by atoms with Crippen LogP contribution in [0.15, 0.2) is 0 Å². The third-order valence-corrected chi connectivity index (χ3v) is 3.22. The van der Waals surface area contributed by atoms with Crippen LogP contribution in [0.2, 0.25) is 0 Å². The van der Waals surface area contributed by atoms with Gasteiger partial charge in [0.2, 0.25) is 5.91 Å². The maximum Gasteiger partial charge on any atom is 0.220 e. The Kier molecular flexibility index (Phi) is 7.21. The molecule has 0 aromatic heterocycles. The van der Waals surface area contributed by atoms with Gasteiger partial charge >= 0.3 is 0 Å². The molecule has 0 aromatic carbocycles. The van der Waals surface area contributed by atoms with Crippen LogP contribution in [-0.4, -0.2) is 36.4 Å². The van der Waals surface area contributed by atoms with Gasteiger partial charge in [-0.3, -0.25) is 4.79 Å². The molecule has 100 valence electrons. The van der Waals surface area contributed by atoms with E-state index in [1.54, 1.807) is 0 Å². The van der Waals surface area contributed by atoms with Crippen molar-refractivity contribution in [2.24, 2.45) is 0 Å². The molecular formula is C13H25NO3. The lowest BCUT2D eigenvalue weighted by Gasteiger charge is -2.21. The number of carbonyl (C=O) groups is 1. The van der Waals surface area contributed by atoms with E-state index in [1.807, 2.05) is 6.92 Å². The van der Waals surface area contributed by atoms with Crippen molar-refractivity contribution in [3.05, 3.63) is 0 Å². The van der Waals surface area contributed by atoms with Crippen LogP contribution in [0, 0.1) is 0 Å². The zero-order valence-electron chi connectivity index (χ0n) is 10.8. The fourth-order valence-electron chi connectivity index (χ4n) is 2.21. The van der Waals surface area contributed by atoms with Crippen molar-refractivity contribution in [3.63, 3.8) is 0 Å². The molecule has 1 fully saturated rings. The fraction of sp³-hybridized carbons (Fsp3) is 0.923. The largest absolute Gasteiger partial charge is 0.391 e. The Morgan fingerprint density at radius 3 is 2.88 bits per heavy atom. The summed E-state index contributed by atoms with van der Waals surface area (Å²) in [5.74, 6) is 0.0376. The van der Waals surface area contributed by atoms with E-state index in [4.69, 9.17) is 4.74 Å². The quantitative estimate of drug-likeness (QED) is 0.550. The van der Waals surface area contributed by atoms with E-state index in [0.29, 0.717) is 19.6 Å². The first-order valence-corrected chi connectivity index (χ1v) is 6.79. The molecule has 2 unspecified atom stereocenters. The molecule has 1 aliphatic rings. The minimum absolute atomic E-state index is 0.0376. The van der Waals surface area contributed by atoms with Gasteiger partial charge in [0.05, 0.1) is 12.1 Å². The highest BCUT2D eigenvalue weighted by molar-refractivity contribution is 5.76. The Balaban J connectivity index is 2.19. The van der Waals surface area contributed by atoms with Gasteiger partial charge in [-0.1, -0.05) is 19.3 Å². The van der Waals surface area contributed by atoms with Crippen molar-refractivity contribution in [3.8, 4) is 0 Å². The summed E-state index contributed by atoms with van der Waals surface area (Å²) in [5.41, 5.74) is 0. The highest BCUT2D eigenvalue weighted by Crippen LogP contribution is 2.18. The fourth-order valence-corrected chi connectivity index (χ4v) is 2.21. The molecule has 4 heteroatoms. The molecule has 4 nitrogen and oxygen atoms in total. The van der Waals surface area contributed by atoms with Crippen LogP contribution < -0.4 is 5.32 Å². The van der Waals surface area contributed by atoms with E-state index in [1.165, 1.54) is 0 Å². The number of carbonyl (C=O) groups excluding carboxylic acids is 1. The van der Waals surface area contributed by atoms with Crippen LogP contribution in [-0.2, 0) is 9.53 Å². The van der Waals surface area contributed by atoms with Gasteiger partial charge in [-0.2, -0.15) is 0 Å². The number of aliphatic hydroxyl groups excluding tert-OH is 1. The monoisotopic (exact) mass is 243 g/mol. The Hall–Kier alpha value is -0.610. The third-order valence-electron chi connectivity index (χ3n) is 3.22. The average molecular weight is 243 g/mol. The lowest BCUT2D eigenvalue weighted by atomic mass is 10.1. The molecular weight excluding hydrogens is 218 g/mol. The summed E-state index contributed by atoms with van der Waals surface area (Å²) in [6, 6.07) is -0.0444. The Labute approximate surface area is 104 Å². The second-order valence-electron chi connectivity index (χ2n) is 4.68. The first kappa shape index (κ1) is 14.5. The molecule has 0 aromatic rings. The molecule has 0 aliphatic heterocycles. The molecule has 1 rings (SSSR count). The Morgan fingerprint density at radius 1 is 1.35 bits per heavy atom. The molecule has 2 N–H and O–H groups in total. The van der Waals surface area contributed by atoms with E-state index < -0.39 is 0 Å². The SMILES string of the molecule is CCOCCCC(=O)NC1CCCCCC1O. The van der Waals surface area contributed by atoms with Crippen molar-refractivity contribution in [2.75, 3.05) is 13.2 Å². The number of nitrogens with one attached hydrogen (secondary N) is 1. The van der Waals surface area contributed by atoms with Gasteiger partial charge in [-0.15, -0.1) is 0 Å². The molecule has 1 amide bonds. The minimum Gasteiger partial charge on any atom is -0.391 e. The highest BCUT2D eigenvalue weighted by atomic mass is 16.5. The summed E-state index contributed by atoms with van der Waals surface area (Å²) in [5, 5.41) is 12.8. The molecule has 17 heavy (non-hydrogen) atoms. The second-order valence-corrected chi connectivity index (χ2v) is 4.68. The molecule has 2 atom stereocenters. The van der Waals surface area contributed by atoms with Crippen molar-refractivity contribution in [2.45, 2.75) is 64.0 Å². The van der Waals surface area contributed by atoms with Crippen LogP contribution in [0.4, 0.5) is 0 Å². The molecule has 0 saturated heterocycles. The van der Waals surface area contributed by atoms with Gasteiger partial charge < -0.3 is 15.2 Å². The molecule has 0 radical (unpaired) electrons. The summed E-state index contributed by atoms with van der Waals surface area (Å²) in [6.07, 6.45) is 5.91. The van der Waals surface area contributed by atoms with Crippen LogP contribution in [0.25, 0.3) is 0 Å². The van der Waals surface area contributed by atoms with E-state index in [9.17, 15) is 9.90 Å². The van der Waals surface area contributed by atoms with Gasteiger partial charge in [-0.25, -0.2) is 0 Å². The number of rotatable bonds is 6. The zero-order chi connectivity index (χ0) is 12.5. The van der Waals surface area contributed by atoms with Crippen LogP contribution in [0.5, 0.6) is 0 Å². The highest BCUT2D eigenvalue weighted by Gasteiger charge is 2.22. The number of hydrogen-bond acceptors (Lipinski definition) is 3. The van der Waals surface area contributed by atoms with Gasteiger partial charge in [0.1, 0.15) is 0 Å². The summed E-state index contributed by atoms with van der Waals surface area (Å²) >= 11 is 0. The summed E-state index contributed by atoms with van der Waals surface area (Å²) in [6.45, 7) is 3.28. The maximum absolute atomic E-state index is 11.7. The van der Waals surface area contributed by atoms with Crippen molar-refractivity contribution in [1.29, 1.82) is 0 Å². The molecule has 1 aliphatic carbocycles. The predicted octanol–water partition coefficient (Wildman–Crippen LogP) is 1.61. The van der Waals surface area contributed by atoms with E-state index >= 15 is 0 Å². The van der Waals surface area contributed by atoms with E-state index in [2.05, 4.69) is 5.32 Å². The lowest BCUT2D eigenvalue weighted by Crippen LogP contribution is -2.42. The standard InChI is InChI=1S/C13H25NO3/c1-2-17-10-6-9-13(16)14-11-7-4-3-5-8-12(11)15/h11-12,15H,2-10H2,1H3,(H,14,16). The lowest BCUT2D eigenvalue weighted by molar-refractivity contribution is -0.123. The summed E-state index contributed by atoms with van der Waals surface area (Å²) in [7, 11) is 0. The Bertz CT molecular complexity index is 221. The Morgan fingerprint density at radius 2 is 2.12 bits per heavy atom. The number of amides is 1. The van der Waals surface area contributed by atoms with Crippen molar-refractivity contribution >= 4 is 5.91 Å². The topological polar surface area (TPSA) is 58.6 Å². The summed E-state index contributed by atoms with van der Waals surface area (Å²) < 4.78 is 5.19. The molecule has 0 spiro atoms. The van der Waals surface area contributed by atoms with Gasteiger partial charge in [0.25, 0.3) is 0 Å². The van der Waals surface area contributed by atoms with Gasteiger partial charge in [0, 0.05) is 19.6 Å².